The van der Waals surface area contributed by atoms with E-state index in [1.54, 1.807) is 13.0 Å². The number of allylic oxidation sites excluding steroid dienone is 1. The molecular weight excluding hydrogens is 279 g/mol. The molecule has 1 saturated carbocycles. The number of fused-ring (bicyclic) bond motifs is 1. The fourth-order valence-corrected chi connectivity index (χ4v) is 3.22. The van der Waals surface area contributed by atoms with Gasteiger partial charge in [-0.15, -0.1) is 0 Å². The molecule has 0 spiro atoms. The summed E-state index contributed by atoms with van der Waals surface area (Å²) >= 11 is 0. The molecule has 5 nitrogen and oxygen atoms in total. The molecule has 0 unspecified atom stereocenters. The first-order valence-electron chi connectivity index (χ1n) is 7.74. The molecule has 3 rings (SSSR count). The van der Waals surface area contributed by atoms with Crippen LogP contribution in [0.4, 0.5) is 0 Å². The predicted octanol–water partition coefficient (Wildman–Crippen LogP) is 2.62. The van der Waals surface area contributed by atoms with Gasteiger partial charge in [-0.05, 0) is 50.1 Å². The second-order valence-electron chi connectivity index (χ2n) is 5.99. The number of aliphatic hydroxyl groups excluding tert-OH is 1. The van der Waals surface area contributed by atoms with Crippen molar-refractivity contribution in [3.8, 4) is 5.75 Å². The average molecular weight is 300 g/mol. The van der Waals surface area contributed by atoms with Gasteiger partial charge in [0.25, 0.3) is 0 Å². The molecule has 2 heterocycles. The largest absolute Gasteiger partial charge is 0.535 e. The lowest BCUT2D eigenvalue weighted by Gasteiger charge is -2.28. The minimum Gasteiger partial charge on any atom is -0.535 e. The van der Waals surface area contributed by atoms with Crippen LogP contribution in [-0.2, 0) is 0 Å². The van der Waals surface area contributed by atoms with Gasteiger partial charge in [0, 0.05) is 17.1 Å². The van der Waals surface area contributed by atoms with Gasteiger partial charge in [-0.3, -0.25) is 0 Å². The molecule has 0 atom stereocenters. The number of nitrogens with zero attached hydrogens (tertiary/aromatic N) is 1. The van der Waals surface area contributed by atoms with Gasteiger partial charge in [-0.2, -0.15) is 0 Å². The van der Waals surface area contributed by atoms with E-state index in [-0.39, 0.29) is 6.10 Å². The molecule has 0 aromatic carbocycles. The quantitative estimate of drug-likeness (QED) is 0.758. The van der Waals surface area contributed by atoms with Crippen LogP contribution in [0.5, 0.6) is 5.75 Å². The minimum atomic E-state index is -0.905. The maximum atomic E-state index is 9.69. The van der Waals surface area contributed by atoms with Gasteiger partial charge in [-0.1, -0.05) is 6.58 Å². The lowest BCUT2D eigenvalue weighted by Crippen LogP contribution is -2.20. The zero-order valence-electron chi connectivity index (χ0n) is 12.7. The minimum absolute atomic E-state index is 0.193. The number of nitrogens with one attached hydrogen (secondary N) is 1. The SMILES string of the molecule is C=C(c1c(OB(C)O)cnc2[nH]ccc12)[C@H]1CC[C@H](O)CC1. The van der Waals surface area contributed by atoms with Crippen LogP contribution in [0, 0.1) is 5.92 Å². The molecule has 22 heavy (non-hydrogen) atoms. The van der Waals surface area contributed by atoms with Crippen molar-refractivity contribution in [1.82, 2.24) is 9.97 Å². The van der Waals surface area contributed by atoms with Gasteiger partial charge >= 0.3 is 7.12 Å². The van der Waals surface area contributed by atoms with Crippen LogP contribution < -0.4 is 4.65 Å². The monoisotopic (exact) mass is 300 g/mol. The fourth-order valence-electron chi connectivity index (χ4n) is 3.22. The molecule has 1 aliphatic carbocycles. The van der Waals surface area contributed by atoms with Gasteiger partial charge in [-0.25, -0.2) is 4.98 Å². The Bertz CT molecular complexity index is 675. The topological polar surface area (TPSA) is 78.4 Å². The van der Waals surface area contributed by atoms with Gasteiger partial charge in [0.2, 0.25) is 0 Å². The maximum absolute atomic E-state index is 9.69. The number of H-pyrrole nitrogens is 1. The molecule has 2 aromatic heterocycles. The molecule has 0 radical (unpaired) electrons. The summed E-state index contributed by atoms with van der Waals surface area (Å²) in [6.45, 7) is 5.86. The first-order chi connectivity index (χ1) is 10.6. The predicted molar refractivity (Wildman–Crippen MR) is 87.6 cm³/mol. The number of aliphatic hydroxyl groups is 1. The van der Waals surface area contributed by atoms with Crippen molar-refractivity contribution in [3.63, 3.8) is 0 Å². The second kappa shape index (κ2) is 6.14. The smallest absolute Gasteiger partial charge is 0.519 e. The van der Waals surface area contributed by atoms with Crippen LogP contribution >= 0.6 is 0 Å². The third kappa shape index (κ3) is 2.89. The molecule has 2 aromatic rings. The summed E-state index contributed by atoms with van der Waals surface area (Å²) < 4.78 is 5.52. The van der Waals surface area contributed by atoms with E-state index in [9.17, 15) is 10.1 Å². The molecule has 6 heteroatoms. The van der Waals surface area contributed by atoms with Crippen LogP contribution in [-0.4, -0.2) is 33.3 Å². The highest BCUT2D eigenvalue weighted by Gasteiger charge is 2.26. The van der Waals surface area contributed by atoms with Crippen molar-refractivity contribution in [3.05, 3.63) is 30.6 Å². The molecule has 1 aliphatic rings. The third-order valence-electron chi connectivity index (χ3n) is 4.36. The maximum Gasteiger partial charge on any atom is 0.519 e. The molecule has 0 amide bonds. The lowest BCUT2D eigenvalue weighted by molar-refractivity contribution is 0.119. The van der Waals surface area contributed by atoms with E-state index in [0.29, 0.717) is 11.7 Å². The van der Waals surface area contributed by atoms with Crippen molar-refractivity contribution in [2.75, 3.05) is 0 Å². The van der Waals surface area contributed by atoms with Gasteiger partial charge in [0.05, 0.1) is 12.3 Å². The number of hydrogen-bond acceptors (Lipinski definition) is 4. The second-order valence-corrected chi connectivity index (χ2v) is 5.99. The summed E-state index contributed by atoms with van der Waals surface area (Å²) in [5, 5.41) is 20.2. The van der Waals surface area contributed by atoms with Crippen LogP contribution in [0.25, 0.3) is 16.6 Å². The van der Waals surface area contributed by atoms with Crippen molar-refractivity contribution >= 4 is 23.7 Å². The molecule has 0 saturated heterocycles. The van der Waals surface area contributed by atoms with Gasteiger partial charge in [0.15, 0.2) is 0 Å². The summed E-state index contributed by atoms with van der Waals surface area (Å²) in [5.74, 6) is 0.874. The Morgan fingerprint density at radius 3 is 2.82 bits per heavy atom. The summed E-state index contributed by atoms with van der Waals surface area (Å²) in [4.78, 5) is 7.42. The fraction of sp³-hybridized carbons (Fsp3) is 0.438. The van der Waals surface area contributed by atoms with E-state index in [1.807, 2.05) is 12.3 Å². The summed E-state index contributed by atoms with van der Waals surface area (Å²) in [6.07, 6.45) is 6.72. The van der Waals surface area contributed by atoms with Crippen molar-refractivity contribution in [2.45, 2.75) is 38.6 Å². The van der Waals surface area contributed by atoms with E-state index in [4.69, 9.17) is 4.65 Å². The molecule has 3 N–H and O–H groups in total. The summed E-state index contributed by atoms with van der Waals surface area (Å²) in [5.41, 5.74) is 2.69. The Kier molecular flexibility index (Phi) is 4.22. The molecule has 0 aliphatic heterocycles. The Morgan fingerprint density at radius 2 is 2.14 bits per heavy atom. The van der Waals surface area contributed by atoms with Gasteiger partial charge in [0.1, 0.15) is 11.4 Å². The zero-order valence-corrected chi connectivity index (χ0v) is 12.7. The Hall–Kier alpha value is -1.79. The highest BCUT2D eigenvalue weighted by Crippen LogP contribution is 2.40. The van der Waals surface area contributed by atoms with Gasteiger partial charge < -0.3 is 19.8 Å². The van der Waals surface area contributed by atoms with Crippen molar-refractivity contribution < 1.29 is 14.8 Å². The van der Waals surface area contributed by atoms with E-state index < -0.39 is 7.12 Å². The molecular formula is C16H21BN2O3. The number of aromatic nitrogens is 2. The Morgan fingerprint density at radius 1 is 1.41 bits per heavy atom. The highest BCUT2D eigenvalue weighted by molar-refractivity contribution is 6.41. The van der Waals surface area contributed by atoms with Crippen LogP contribution in [0.2, 0.25) is 6.82 Å². The van der Waals surface area contributed by atoms with Crippen molar-refractivity contribution in [1.29, 1.82) is 0 Å². The van der Waals surface area contributed by atoms with E-state index in [0.717, 1.165) is 47.9 Å². The molecule has 116 valence electrons. The van der Waals surface area contributed by atoms with E-state index in [1.165, 1.54) is 0 Å². The Balaban J connectivity index is 1.99. The summed E-state index contributed by atoms with van der Waals surface area (Å²) in [6, 6.07) is 1.95. The highest BCUT2D eigenvalue weighted by atomic mass is 16.5. The number of aromatic amines is 1. The van der Waals surface area contributed by atoms with E-state index >= 15 is 0 Å². The Labute approximate surface area is 130 Å². The molecule has 1 fully saturated rings. The normalized spacial score (nSPS) is 21.8. The van der Waals surface area contributed by atoms with Crippen LogP contribution in [0.3, 0.4) is 0 Å². The van der Waals surface area contributed by atoms with Crippen LogP contribution in [0.15, 0.2) is 25.0 Å². The third-order valence-corrected chi connectivity index (χ3v) is 4.36. The van der Waals surface area contributed by atoms with Crippen LogP contribution in [0.1, 0.15) is 31.2 Å². The number of hydrogen-bond donors (Lipinski definition) is 3. The van der Waals surface area contributed by atoms with Crippen molar-refractivity contribution in [2.24, 2.45) is 5.92 Å². The molecule has 0 bridgehead atoms. The lowest BCUT2D eigenvalue weighted by atomic mass is 9.80. The van der Waals surface area contributed by atoms with E-state index in [2.05, 4.69) is 16.5 Å². The summed E-state index contributed by atoms with van der Waals surface area (Å²) in [7, 11) is -0.905. The zero-order chi connectivity index (χ0) is 15.7. The first-order valence-corrected chi connectivity index (χ1v) is 7.74. The average Bonchev–Trinajstić information content (AvgIpc) is 2.95. The number of rotatable bonds is 4. The standard InChI is InChI=1S/C16H21BN2O3/c1-10(11-3-5-12(20)6-4-11)15-13-7-8-18-16(13)19-9-14(15)22-17(2)21/h7-9,11-12,20-21H,1,3-6H2,2H3,(H,18,19)/t11-,12-. The first kappa shape index (κ1) is 15.1. The number of pyridine rings is 1.